The highest BCUT2D eigenvalue weighted by Gasteiger charge is 2.12. The molecule has 0 aliphatic heterocycles. The third-order valence-electron chi connectivity index (χ3n) is 4.62. The highest BCUT2D eigenvalue weighted by molar-refractivity contribution is 7.89. The predicted molar refractivity (Wildman–Crippen MR) is 118 cm³/mol. The first kappa shape index (κ1) is 20.5. The second-order valence-electron chi connectivity index (χ2n) is 6.92. The molecule has 4 aromatic rings. The number of anilines is 2. The van der Waals surface area contributed by atoms with E-state index in [0.29, 0.717) is 23.7 Å². The number of hydrogen-bond donors (Lipinski definition) is 3. The molecule has 1 amide bonds. The maximum absolute atomic E-state index is 11.4. The molecule has 2 aromatic carbocycles. The lowest BCUT2D eigenvalue weighted by atomic mass is 10.1. The first-order valence-electron chi connectivity index (χ1n) is 9.37. The number of aromatic nitrogens is 3. The molecule has 10 heteroatoms. The number of carbonyl (C=O) groups is 1. The van der Waals surface area contributed by atoms with Gasteiger partial charge in [-0.2, -0.15) is 0 Å². The van der Waals surface area contributed by atoms with Crippen LogP contribution in [-0.4, -0.2) is 28.7 Å². The molecule has 0 aliphatic carbocycles. The summed E-state index contributed by atoms with van der Waals surface area (Å²) in [6.07, 6.45) is 5.23. The van der Waals surface area contributed by atoms with E-state index in [1.165, 1.54) is 19.1 Å². The average molecular weight is 436 g/mol. The van der Waals surface area contributed by atoms with Gasteiger partial charge in [0.25, 0.3) is 0 Å². The average Bonchev–Trinajstić information content (AvgIpc) is 3.16. The van der Waals surface area contributed by atoms with Gasteiger partial charge in [0.2, 0.25) is 15.9 Å². The van der Waals surface area contributed by atoms with Crippen LogP contribution in [0.3, 0.4) is 0 Å². The molecule has 0 aliphatic rings. The molecule has 4 rings (SSSR count). The Kier molecular flexibility index (Phi) is 5.40. The van der Waals surface area contributed by atoms with Crippen molar-refractivity contribution in [2.45, 2.75) is 18.4 Å². The van der Waals surface area contributed by atoms with Crippen molar-refractivity contribution < 1.29 is 13.2 Å². The molecule has 0 radical (unpaired) electrons. The van der Waals surface area contributed by atoms with Crippen LogP contribution in [-0.2, 0) is 21.4 Å². The standard InChI is InChI=1S/C21H20N6O3S/c1-14(28)26-17-4-2-3-16(11-17)19-13-25-21-20(23-9-10-27(19)21)24-12-15-5-7-18(8-6-15)31(22,29)30/h2-11,13H,12H2,1H3,(H,23,24)(H,26,28)(H2,22,29,30). The molecule has 4 N–H and O–H groups in total. The largest absolute Gasteiger partial charge is 0.363 e. The van der Waals surface area contributed by atoms with Gasteiger partial charge in [-0.1, -0.05) is 24.3 Å². The van der Waals surface area contributed by atoms with Gasteiger partial charge in [-0.05, 0) is 29.8 Å². The molecule has 0 fully saturated rings. The molecular weight excluding hydrogens is 416 g/mol. The molecule has 0 saturated carbocycles. The fourth-order valence-electron chi connectivity index (χ4n) is 3.20. The number of nitrogens with zero attached hydrogens (tertiary/aromatic N) is 3. The number of hydrogen-bond acceptors (Lipinski definition) is 6. The number of amides is 1. The van der Waals surface area contributed by atoms with Crippen molar-refractivity contribution >= 4 is 33.1 Å². The molecule has 0 bridgehead atoms. The Morgan fingerprint density at radius 1 is 1.13 bits per heavy atom. The maximum atomic E-state index is 11.4. The van der Waals surface area contributed by atoms with Crippen molar-refractivity contribution in [2.24, 2.45) is 5.14 Å². The van der Waals surface area contributed by atoms with Gasteiger partial charge in [0, 0.05) is 37.1 Å². The summed E-state index contributed by atoms with van der Waals surface area (Å²) in [7, 11) is -3.72. The van der Waals surface area contributed by atoms with Crippen molar-refractivity contribution in [3.63, 3.8) is 0 Å². The molecule has 0 spiro atoms. The highest BCUT2D eigenvalue weighted by atomic mass is 32.2. The molecule has 2 heterocycles. The minimum absolute atomic E-state index is 0.0656. The van der Waals surface area contributed by atoms with Crippen LogP contribution in [0.5, 0.6) is 0 Å². The number of nitrogens with one attached hydrogen (secondary N) is 2. The summed E-state index contributed by atoms with van der Waals surface area (Å²) in [5.74, 6) is 0.449. The van der Waals surface area contributed by atoms with Gasteiger partial charge >= 0.3 is 0 Å². The first-order valence-corrected chi connectivity index (χ1v) is 10.9. The highest BCUT2D eigenvalue weighted by Crippen LogP contribution is 2.26. The Hall–Kier alpha value is -3.76. The summed E-state index contributed by atoms with van der Waals surface area (Å²) in [6.45, 7) is 1.89. The van der Waals surface area contributed by atoms with E-state index in [9.17, 15) is 13.2 Å². The minimum atomic E-state index is -3.72. The zero-order valence-electron chi connectivity index (χ0n) is 16.6. The summed E-state index contributed by atoms with van der Waals surface area (Å²) in [4.78, 5) is 20.3. The zero-order valence-corrected chi connectivity index (χ0v) is 17.4. The van der Waals surface area contributed by atoms with Gasteiger partial charge in [0.05, 0.1) is 16.8 Å². The SMILES string of the molecule is CC(=O)Nc1cccc(-c2cnc3c(NCc4ccc(S(N)(=O)=O)cc4)nccn23)c1. The monoisotopic (exact) mass is 436 g/mol. The van der Waals surface area contributed by atoms with Crippen molar-refractivity contribution in [2.75, 3.05) is 10.6 Å². The Morgan fingerprint density at radius 3 is 2.61 bits per heavy atom. The van der Waals surface area contributed by atoms with Crippen LogP contribution in [0, 0.1) is 0 Å². The first-order chi connectivity index (χ1) is 14.8. The molecule has 31 heavy (non-hydrogen) atoms. The van der Waals surface area contributed by atoms with Gasteiger partial charge < -0.3 is 10.6 Å². The Balaban J connectivity index is 1.59. The summed E-state index contributed by atoms with van der Waals surface area (Å²) in [5, 5.41) is 11.1. The van der Waals surface area contributed by atoms with Crippen LogP contribution in [0.25, 0.3) is 16.9 Å². The fourth-order valence-corrected chi connectivity index (χ4v) is 3.72. The van der Waals surface area contributed by atoms with Crippen LogP contribution < -0.4 is 15.8 Å². The van der Waals surface area contributed by atoms with Crippen LogP contribution >= 0.6 is 0 Å². The number of imidazole rings is 1. The Bertz CT molecular complexity index is 1360. The van der Waals surface area contributed by atoms with Crippen LogP contribution in [0.2, 0.25) is 0 Å². The van der Waals surface area contributed by atoms with Crippen molar-refractivity contribution in [3.8, 4) is 11.3 Å². The van der Waals surface area contributed by atoms with Crippen LogP contribution in [0.1, 0.15) is 12.5 Å². The molecular formula is C21H20N6O3S. The number of sulfonamides is 1. The zero-order chi connectivity index (χ0) is 22.0. The van der Waals surface area contributed by atoms with E-state index < -0.39 is 10.0 Å². The quantitative estimate of drug-likeness (QED) is 0.426. The minimum Gasteiger partial charge on any atom is -0.363 e. The third kappa shape index (κ3) is 4.55. The lowest BCUT2D eigenvalue weighted by Gasteiger charge is -2.09. The molecule has 0 unspecified atom stereocenters. The second-order valence-corrected chi connectivity index (χ2v) is 8.48. The number of nitrogens with two attached hydrogens (primary N) is 1. The van der Waals surface area contributed by atoms with Gasteiger partial charge in [0.15, 0.2) is 11.5 Å². The normalized spacial score (nSPS) is 11.4. The van der Waals surface area contributed by atoms with Crippen molar-refractivity contribution in [1.82, 2.24) is 14.4 Å². The van der Waals surface area contributed by atoms with Gasteiger partial charge in [-0.3, -0.25) is 9.20 Å². The van der Waals surface area contributed by atoms with E-state index in [1.54, 1.807) is 24.5 Å². The molecule has 0 saturated heterocycles. The molecule has 2 aromatic heterocycles. The fraction of sp³-hybridized carbons (Fsp3) is 0.0952. The number of fused-ring (bicyclic) bond motifs is 1. The molecule has 158 valence electrons. The van der Waals surface area contributed by atoms with Gasteiger partial charge in [0.1, 0.15) is 0 Å². The van der Waals surface area contributed by atoms with E-state index in [0.717, 1.165) is 16.8 Å². The third-order valence-corrected chi connectivity index (χ3v) is 5.55. The van der Waals surface area contributed by atoms with E-state index in [4.69, 9.17) is 5.14 Å². The van der Waals surface area contributed by atoms with Crippen molar-refractivity contribution in [3.05, 3.63) is 72.7 Å². The summed E-state index contributed by atoms with van der Waals surface area (Å²) < 4.78 is 24.7. The predicted octanol–water partition coefficient (Wildman–Crippen LogP) is 2.61. The second kappa shape index (κ2) is 8.17. The number of primary sulfonamides is 1. The Labute approximate surface area is 179 Å². The smallest absolute Gasteiger partial charge is 0.238 e. The van der Waals surface area contributed by atoms with Gasteiger partial charge in [-0.25, -0.2) is 23.5 Å². The molecule has 0 atom stereocenters. The summed E-state index contributed by atoms with van der Waals surface area (Å²) in [6, 6.07) is 13.8. The van der Waals surface area contributed by atoms with Crippen molar-refractivity contribution in [1.29, 1.82) is 0 Å². The topological polar surface area (TPSA) is 131 Å². The lowest BCUT2D eigenvalue weighted by Crippen LogP contribution is -2.12. The van der Waals surface area contributed by atoms with E-state index in [-0.39, 0.29) is 10.8 Å². The van der Waals surface area contributed by atoms with Gasteiger partial charge in [-0.15, -0.1) is 0 Å². The number of benzene rings is 2. The number of carbonyl (C=O) groups excluding carboxylic acids is 1. The number of rotatable bonds is 6. The van der Waals surface area contributed by atoms with Crippen LogP contribution in [0.15, 0.2) is 72.0 Å². The van der Waals surface area contributed by atoms with Crippen LogP contribution in [0.4, 0.5) is 11.5 Å². The van der Waals surface area contributed by atoms with E-state index >= 15 is 0 Å². The summed E-state index contributed by atoms with van der Waals surface area (Å²) in [5.41, 5.74) is 3.96. The maximum Gasteiger partial charge on any atom is 0.238 e. The Morgan fingerprint density at radius 2 is 1.90 bits per heavy atom. The molecule has 9 nitrogen and oxygen atoms in total. The van der Waals surface area contributed by atoms with E-state index in [2.05, 4.69) is 20.6 Å². The van der Waals surface area contributed by atoms with E-state index in [1.807, 2.05) is 34.9 Å². The summed E-state index contributed by atoms with van der Waals surface area (Å²) >= 11 is 0. The lowest BCUT2D eigenvalue weighted by molar-refractivity contribution is -0.114.